The molecule has 124 valence electrons. The Morgan fingerprint density at radius 3 is 2.96 bits per heavy atom. The first-order valence-corrected chi connectivity index (χ1v) is 7.88. The predicted octanol–water partition coefficient (Wildman–Crippen LogP) is 0.817. The number of aromatic nitrogens is 4. The van der Waals surface area contributed by atoms with Crippen molar-refractivity contribution in [2.75, 3.05) is 7.05 Å². The van der Waals surface area contributed by atoms with Crippen LogP contribution >= 0.6 is 0 Å². The molecule has 8 nitrogen and oxygen atoms in total. The molecule has 0 aromatic carbocycles. The average molecular weight is 318 g/mol. The van der Waals surface area contributed by atoms with E-state index in [0.29, 0.717) is 24.7 Å². The molecule has 2 atom stereocenters. The number of likely N-dealkylation sites (tertiary alicyclic amines) is 1. The SMILES string of the molecule is CCCc1nc(CN[C@@H]2CC(=O)N(C)[C@H]2c2ccnn2C)no1. The molecule has 0 spiro atoms. The molecule has 8 heteroatoms. The Morgan fingerprint density at radius 2 is 2.26 bits per heavy atom. The highest BCUT2D eigenvalue weighted by Crippen LogP contribution is 2.31. The largest absolute Gasteiger partial charge is 0.339 e. The molecule has 1 N–H and O–H groups in total. The molecule has 1 fully saturated rings. The zero-order chi connectivity index (χ0) is 16.4. The molecule has 0 saturated carbocycles. The van der Waals surface area contributed by atoms with E-state index in [1.54, 1.807) is 11.1 Å². The summed E-state index contributed by atoms with van der Waals surface area (Å²) in [5, 5.41) is 11.6. The van der Waals surface area contributed by atoms with Crippen LogP contribution in [0.25, 0.3) is 0 Å². The Morgan fingerprint density at radius 1 is 1.43 bits per heavy atom. The smallest absolute Gasteiger partial charge is 0.226 e. The van der Waals surface area contributed by atoms with Gasteiger partial charge in [-0.25, -0.2) is 0 Å². The van der Waals surface area contributed by atoms with Crippen LogP contribution in [0.1, 0.15) is 43.2 Å². The lowest BCUT2D eigenvalue weighted by molar-refractivity contribution is -0.127. The molecule has 2 aromatic rings. The minimum absolute atomic E-state index is 0.00368. The summed E-state index contributed by atoms with van der Waals surface area (Å²) in [7, 11) is 3.72. The van der Waals surface area contributed by atoms with Gasteiger partial charge in [-0.3, -0.25) is 9.48 Å². The fraction of sp³-hybridized carbons (Fsp3) is 0.600. The Hall–Kier alpha value is -2.22. The third kappa shape index (κ3) is 3.12. The van der Waals surface area contributed by atoms with E-state index in [2.05, 4.69) is 27.5 Å². The van der Waals surface area contributed by atoms with Crippen molar-refractivity contribution in [3.8, 4) is 0 Å². The van der Waals surface area contributed by atoms with Crippen LogP contribution in [0, 0.1) is 0 Å². The topological polar surface area (TPSA) is 89.1 Å². The minimum atomic E-state index is -0.0444. The summed E-state index contributed by atoms with van der Waals surface area (Å²) in [6.45, 7) is 2.55. The third-order valence-corrected chi connectivity index (χ3v) is 4.24. The van der Waals surface area contributed by atoms with Crippen molar-refractivity contribution in [3.63, 3.8) is 0 Å². The minimum Gasteiger partial charge on any atom is -0.339 e. The first-order valence-electron chi connectivity index (χ1n) is 7.88. The van der Waals surface area contributed by atoms with E-state index in [0.717, 1.165) is 18.5 Å². The fourth-order valence-corrected chi connectivity index (χ4v) is 3.03. The Balaban J connectivity index is 1.70. The molecule has 2 aromatic heterocycles. The predicted molar refractivity (Wildman–Crippen MR) is 82.3 cm³/mol. The summed E-state index contributed by atoms with van der Waals surface area (Å²) >= 11 is 0. The molecule has 0 aliphatic carbocycles. The number of nitrogens with zero attached hydrogens (tertiary/aromatic N) is 5. The van der Waals surface area contributed by atoms with Crippen molar-refractivity contribution in [2.45, 2.75) is 44.8 Å². The quantitative estimate of drug-likeness (QED) is 0.848. The Labute approximate surface area is 134 Å². The molecule has 1 aliphatic rings. The number of hydrogen-bond acceptors (Lipinski definition) is 6. The van der Waals surface area contributed by atoms with Gasteiger partial charge in [0.05, 0.1) is 18.3 Å². The number of amides is 1. The molecule has 1 aliphatic heterocycles. The molecular formula is C15H22N6O2. The molecular weight excluding hydrogens is 296 g/mol. The standard InChI is InChI=1S/C15H22N6O2/c1-4-5-13-18-12(19-23-13)9-16-10-8-14(22)20(2)15(10)11-6-7-17-21(11)3/h6-7,10,15-16H,4-5,8-9H2,1-3H3/t10-,15-/m1/s1. The lowest BCUT2D eigenvalue weighted by Crippen LogP contribution is -2.36. The number of carbonyl (C=O) groups is 1. The number of hydrogen-bond donors (Lipinski definition) is 1. The maximum atomic E-state index is 12.1. The Bertz CT molecular complexity index is 679. The van der Waals surface area contributed by atoms with Crippen molar-refractivity contribution >= 4 is 5.91 Å². The summed E-state index contributed by atoms with van der Waals surface area (Å²) < 4.78 is 7.00. The summed E-state index contributed by atoms with van der Waals surface area (Å²) in [6.07, 6.45) is 3.96. The molecule has 23 heavy (non-hydrogen) atoms. The second kappa shape index (κ2) is 6.49. The van der Waals surface area contributed by atoms with Crippen LogP contribution in [0.5, 0.6) is 0 Å². The van der Waals surface area contributed by atoms with Gasteiger partial charge in [0.15, 0.2) is 5.82 Å². The zero-order valence-corrected chi connectivity index (χ0v) is 13.7. The monoisotopic (exact) mass is 318 g/mol. The first kappa shape index (κ1) is 15.7. The van der Waals surface area contributed by atoms with Gasteiger partial charge in [0.25, 0.3) is 0 Å². The van der Waals surface area contributed by atoms with Crippen LogP contribution in [-0.2, 0) is 24.8 Å². The van der Waals surface area contributed by atoms with Gasteiger partial charge < -0.3 is 14.7 Å². The maximum Gasteiger partial charge on any atom is 0.226 e. The van der Waals surface area contributed by atoms with Crippen LogP contribution in [0.15, 0.2) is 16.8 Å². The summed E-state index contributed by atoms with van der Waals surface area (Å²) in [6, 6.07) is 1.90. The van der Waals surface area contributed by atoms with Crippen molar-refractivity contribution in [2.24, 2.45) is 7.05 Å². The lowest BCUT2D eigenvalue weighted by Gasteiger charge is -2.25. The number of carbonyl (C=O) groups excluding carboxylic acids is 1. The van der Waals surface area contributed by atoms with Gasteiger partial charge in [0, 0.05) is 39.2 Å². The summed E-state index contributed by atoms with van der Waals surface area (Å²) in [4.78, 5) is 18.2. The molecule has 1 amide bonds. The van der Waals surface area contributed by atoms with E-state index < -0.39 is 0 Å². The number of nitrogens with one attached hydrogen (secondary N) is 1. The molecule has 0 unspecified atom stereocenters. The van der Waals surface area contributed by atoms with Crippen molar-refractivity contribution in [3.05, 3.63) is 29.7 Å². The Kier molecular flexibility index (Phi) is 4.42. The lowest BCUT2D eigenvalue weighted by atomic mass is 10.1. The van der Waals surface area contributed by atoms with Gasteiger partial charge in [0.2, 0.25) is 11.8 Å². The fourth-order valence-electron chi connectivity index (χ4n) is 3.03. The average Bonchev–Trinajstić information content (AvgIpc) is 3.20. The zero-order valence-electron chi connectivity index (χ0n) is 13.7. The molecule has 1 saturated heterocycles. The van der Waals surface area contributed by atoms with Crippen molar-refractivity contribution in [1.82, 2.24) is 30.1 Å². The van der Waals surface area contributed by atoms with Crippen LogP contribution < -0.4 is 5.32 Å². The van der Waals surface area contributed by atoms with Gasteiger partial charge in [-0.05, 0) is 12.5 Å². The van der Waals surface area contributed by atoms with E-state index in [1.165, 1.54) is 0 Å². The van der Waals surface area contributed by atoms with Crippen LogP contribution in [0.2, 0.25) is 0 Å². The normalized spacial score (nSPS) is 21.3. The number of likely N-dealkylation sites (N-methyl/N-ethyl adjacent to an activating group) is 1. The van der Waals surface area contributed by atoms with Crippen LogP contribution in [0.3, 0.4) is 0 Å². The van der Waals surface area contributed by atoms with Gasteiger partial charge >= 0.3 is 0 Å². The molecule has 3 rings (SSSR count). The van der Waals surface area contributed by atoms with E-state index >= 15 is 0 Å². The number of rotatable bonds is 6. The first-order chi connectivity index (χ1) is 11.1. The van der Waals surface area contributed by atoms with Crippen molar-refractivity contribution in [1.29, 1.82) is 0 Å². The van der Waals surface area contributed by atoms with E-state index in [-0.39, 0.29) is 18.0 Å². The number of aryl methyl sites for hydroxylation is 2. The van der Waals surface area contributed by atoms with Crippen molar-refractivity contribution < 1.29 is 9.32 Å². The van der Waals surface area contributed by atoms with E-state index in [4.69, 9.17) is 4.52 Å². The highest BCUT2D eigenvalue weighted by atomic mass is 16.5. The summed E-state index contributed by atoms with van der Waals surface area (Å²) in [5.41, 5.74) is 1.01. The maximum absolute atomic E-state index is 12.1. The highest BCUT2D eigenvalue weighted by molar-refractivity contribution is 5.80. The summed E-state index contributed by atoms with van der Waals surface area (Å²) in [5.74, 6) is 1.40. The molecule has 0 bridgehead atoms. The second-order valence-electron chi connectivity index (χ2n) is 5.88. The highest BCUT2D eigenvalue weighted by Gasteiger charge is 2.39. The van der Waals surface area contributed by atoms with Crippen LogP contribution in [0.4, 0.5) is 0 Å². The van der Waals surface area contributed by atoms with Gasteiger partial charge in [0.1, 0.15) is 0 Å². The van der Waals surface area contributed by atoms with Gasteiger partial charge in [-0.1, -0.05) is 12.1 Å². The van der Waals surface area contributed by atoms with E-state index in [1.807, 2.05) is 24.8 Å². The van der Waals surface area contributed by atoms with Gasteiger partial charge in [-0.15, -0.1) is 0 Å². The molecule has 0 radical (unpaired) electrons. The van der Waals surface area contributed by atoms with Crippen LogP contribution in [-0.4, -0.2) is 43.8 Å². The van der Waals surface area contributed by atoms with Gasteiger partial charge in [-0.2, -0.15) is 10.1 Å². The second-order valence-corrected chi connectivity index (χ2v) is 5.88. The third-order valence-electron chi connectivity index (χ3n) is 4.24. The van der Waals surface area contributed by atoms with E-state index in [9.17, 15) is 4.79 Å². The molecule has 3 heterocycles.